The van der Waals surface area contributed by atoms with Crippen LogP contribution >= 0.6 is 0 Å². The summed E-state index contributed by atoms with van der Waals surface area (Å²) in [6.45, 7) is 4.70. The van der Waals surface area contributed by atoms with Gasteiger partial charge in [0.25, 0.3) is 0 Å². The maximum absolute atomic E-state index is 12.8. The third kappa shape index (κ3) is 41.4. The Morgan fingerprint density at radius 1 is 0.483 bits per heavy atom. The quantitative estimate of drug-likeness (QED) is 0.0260. The van der Waals surface area contributed by atoms with E-state index in [9.17, 15) is 19.5 Å². The van der Waals surface area contributed by atoms with Gasteiger partial charge in [0.05, 0.1) is 40.3 Å². The van der Waals surface area contributed by atoms with Crippen LogP contribution in [0.5, 0.6) is 0 Å². The van der Waals surface area contributed by atoms with Gasteiger partial charge < -0.3 is 28.6 Å². The minimum atomic E-state index is -1.12. The second-order valence-electron chi connectivity index (χ2n) is 18.8. The van der Waals surface area contributed by atoms with Crippen LogP contribution in [0.1, 0.15) is 251 Å². The summed E-state index contributed by atoms with van der Waals surface area (Å²) in [5, 5.41) is 11.7. The lowest BCUT2D eigenvalue weighted by Crippen LogP contribution is -2.55. The minimum absolute atomic E-state index is 0.0434. The van der Waals surface area contributed by atoms with Crippen molar-refractivity contribution in [2.75, 3.05) is 41.0 Å². The molecule has 0 N–H and O–H groups in total. The lowest BCUT2D eigenvalue weighted by molar-refractivity contribution is -0.889. The summed E-state index contributed by atoms with van der Waals surface area (Å²) in [4.78, 5) is 37.0. The highest BCUT2D eigenvalue weighted by atomic mass is 16.6. The number of ether oxygens (including phenoxy) is 3. The summed E-state index contributed by atoms with van der Waals surface area (Å²) in [6.07, 6.45) is 48.1. The Morgan fingerprint density at radius 2 is 0.833 bits per heavy atom. The lowest BCUT2D eigenvalue weighted by Gasteiger charge is -2.34. The number of hydrogen-bond donors (Lipinski definition) is 0. The molecule has 0 aromatic carbocycles. The van der Waals surface area contributed by atoms with Gasteiger partial charge in [0.15, 0.2) is 6.10 Å². The molecule has 0 fully saturated rings. The van der Waals surface area contributed by atoms with E-state index in [-0.39, 0.29) is 42.7 Å². The van der Waals surface area contributed by atoms with Crippen LogP contribution in [-0.2, 0) is 28.6 Å². The Hall–Kier alpha value is -1.93. The maximum Gasteiger partial charge on any atom is 0.306 e. The number of quaternary nitrogens is 1. The van der Waals surface area contributed by atoms with Crippen molar-refractivity contribution in [2.45, 2.75) is 264 Å². The van der Waals surface area contributed by atoms with E-state index in [1.165, 1.54) is 167 Å². The summed E-state index contributed by atoms with van der Waals surface area (Å²) in [7, 11) is 5.42. The molecular weight excluding hydrogens is 751 g/mol. The topological polar surface area (TPSA) is 102 Å². The van der Waals surface area contributed by atoms with Gasteiger partial charge in [-0.1, -0.05) is 206 Å². The van der Waals surface area contributed by atoms with Gasteiger partial charge >= 0.3 is 11.9 Å². The number of likely N-dealkylation sites (N-methyl/N-ethyl adjacent to an activating group) is 1. The number of carboxylic acid groups (broad SMARTS) is 1. The van der Waals surface area contributed by atoms with Gasteiger partial charge in [-0.25, -0.2) is 0 Å². The first-order chi connectivity index (χ1) is 29.1. The number of esters is 2. The van der Waals surface area contributed by atoms with Gasteiger partial charge in [-0.05, 0) is 38.5 Å². The molecule has 0 aliphatic rings. The average molecular weight is 850 g/mol. The molecule has 0 saturated carbocycles. The number of nitrogens with zero attached hydrogens (tertiary/aromatic N) is 1. The van der Waals surface area contributed by atoms with Gasteiger partial charge in [-0.15, -0.1) is 0 Å². The molecule has 0 saturated heterocycles. The summed E-state index contributed by atoms with van der Waals surface area (Å²) >= 11 is 0. The normalized spacial score (nSPS) is 12.9. The molecule has 0 aromatic heterocycles. The molecule has 0 spiro atoms. The highest BCUT2D eigenvalue weighted by molar-refractivity contribution is 5.70. The summed E-state index contributed by atoms with van der Waals surface area (Å²) in [6, 6.07) is -0.723. The average Bonchev–Trinajstić information content (AvgIpc) is 3.21. The van der Waals surface area contributed by atoms with Crippen molar-refractivity contribution in [2.24, 2.45) is 0 Å². The third-order valence-electron chi connectivity index (χ3n) is 11.9. The Bertz CT molecular complexity index is 993. The molecule has 0 aliphatic heterocycles. The van der Waals surface area contributed by atoms with E-state index >= 15 is 0 Å². The highest BCUT2D eigenvalue weighted by Gasteiger charge is 2.25. The van der Waals surface area contributed by atoms with Gasteiger partial charge in [-0.2, -0.15) is 0 Å². The van der Waals surface area contributed by atoms with Crippen molar-refractivity contribution in [1.82, 2.24) is 0 Å². The fraction of sp³-hybridized carbons (Fsp3) is 0.904. The van der Waals surface area contributed by atoms with Gasteiger partial charge in [-0.3, -0.25) is 9.59 Å². The number of aliphatic carboxylic acids is 1. The summed E-state index contributed by atoms with van der Waals surface area (Å²) < 4.78 is 17.2. The molecule has 0 aliphatic carbocycles. The largest absolute Gasteiger partial charge is 0.544 e. The van der Waals surface area contributed by atoms with Crippen molar-refractivity contribution < 1.29 is 38.2 Å². The first-order valence-electron chi connectivity index (χ1n) is 25.7. The van der Waals surface area contributed by atoms with E-state index in [2.05, 4.69) is 26.0 Å². The van der Waals surface area contributed by atoms with Crippen LogP contribution < -0.4 is 5.11 Å². The molecule has 354 valence electrons. The van der Waals surface area contributed by atoms with E-state index in [4.69, 9.17) is 14.2 Å². The molecule has 0 bridgehead atoms. The number of rotatable bonds is 47. The van der Waals surface area contributed by atoms with E-state index in [0.29, 0.717) is 12.8 Å². The van der Waals surface area contributed by atoms with Crippen molar-refractivity contribution in [3.8, 4) is 0 Å². The standard InChI is InChI=1S/C52H99NO7/c1-6-8-10-12-14-16-18-20-22-24-26-28-30-32-34-36-38-40-42-50(54)59-47-48(46-58-45-44-49(52(56)57)53(3,4)5)60-51(55)43-41-39-37-35-33-31-29-27-25-23-21-19-17-15-13-11-9-7-2/h27,29,48-49H,6-26,28,30-47H2,1-5H3/b29-27+. The van der Waals surface area contributed by atoms with Crippen LogP contribution in [0.25, 0.3) is 0 Å². The Morgan fingerprint density at radius 3 is 1.20 bits per heavy atom. The molecular formula is C52H99NO7. The Kier molecular flexibility index (Phi) is 42.3. The SMILES string of the molecule is CCCCCCCCCCC/C=C/CCCCCCCC(=O)OC(COCCC(C(=O)[O-])[N+](C)(C)C)COC(=O)CCCCCCCCCCCCCCCCCCCC. The zero-order chi connectivity index (χ0) is 44.2. The Balaban J connectivity index is 4.23. The van der Waals surface area contributed by atoms with Crippen LogP contribution in [-0.4, -0.2) is 75.5 Å². The van der Waals surface area contributed by atoms with Crippen LogP contribution in [0.2, 0.25) is 0 Å². The van der Waals surface area contributed by atoms with E-state index in [1.807, 2.05) is 21.1 Å². The van der Waals surface area contributed by atoms with Gasteiger partial charge in [0.1, 0.15) is 12.6 Å². The number of unbranched alkanes of at least 4 members (excludes halogenated alkanes) is 31. The first kappa shape index (κ1) is 58.1. The van der Waals surface area contributed by atoms with E-state index < -0.39 is 18.1 Å². The molecule has 0 heterocycles. The highest BCUT2D eigenvalue weighted by Crippen LogP contribution is 2.16. The van der Waals surface area contributed by atoms with E-state index in [1.54, 1.807) is 0 Å². The van der Waals surface area contributed by atoms with Crippen molar-refractivity contribution in [3.05, 3.63) is 12.2 Å². The van der Waals surface area contributed by atoms with Crippen LogP contribution in [0, 0.1) is 0 Å². The second kappa shape index (κ2) is 43.7. The predicted octanol–water partition coefficient (Wildman–Crippen LogP) is 13.3. The number of carboxylic acids is 1. The van der Waals surface area contributed by atoms with Gasteiger partial charge in [0.2, 0.25) is 0 Å². The number of allylic oxidation sites excluding steroid dienone is 2. The molecule has 0 amide bonds. The Labute approximate surface area is 371 Å². The zero-order valence-electron chi connectivity index (χ0n) is 40.4. The summed E-state index contributed by atoms with van der Waals surface area (Å²) in [5.41, 5.74) is 0. The fourth-order valence-corrected chi connectivity index (χ4v) is 7.89. The number of hydrogen-bond acceptors (Lipinski definition) is 7. The zero-order valence-corrected chi connectivity index (χ0v) is 40.4. The molecule has 2 unspecified atom stereocenters. The smallest absolute Gasteiger partial charge is 0.306 e. The molecule has 8 heteroatoms. The monoisotopic (exact) mass is 850 g/mol. The van der Waals surface area contributed by atoms with E-state index in [0.717, 1.165) is 51.4 Å². The molecule has 0 rings (SSSR count). The van der Waals surface area contributed by atoms with Crippen molar-refractivity contribution in [3.63, 3.8) is 0 Å². The van der Waals surface area contributed by atoms with Gasteiger partial charge in [0, 0.05) is 19.3 Å². The van der Waals surface area contributed by atoms with Crippen LogP contribution in [0.15, 0.2) is 12.2 Å². The fourth-order valence-electron chi connectivity index (χ4n) is 7.89. The molecule has 0 aromatic rings. The van der Waals surface area contributed by atoms with Crippen LogP contribution in [0.3, 0.4) is 0 Å². The number of carbonyl (C=O) groups is 3. The lowest BCUT2D eigenvalue weighted by atomic mass is 10.0. The van der Waals surface area contributed by atoms with Crippen molar-refractivity contribution >= 4 is 17.9 Å². The maximum atomic E-state index is 12.8. The first-order valence-corrected chi connectivity index (χ1v) is 25.7. The minimum Gasteiger partial charge on any atom is -0.544 e. The number of carbonyl (C=O) groups excluding carboxylic acids is 3. The second-order valence-corrected chi connectivity index (χ2v) is 18.8. The molecule has 8 nitrogen and oxygen atoms in total. The summed E-state index contributed by atoms with van der Waals surface area (Å²) in [5.74, 6) is -1.72. The molecule has 0 radical (unpaired) electrons. The molecule has 60 heavy (non-hydrogen) atoms. The predicted molar refractivity (Wildman–Crippen MR) is 250 cm³/mol. The third-order valence-corrected chi connectivity index (χ3v) is 11.9. The van der Waals surface area contributed by atoms with Crippen LogP contribution in [0.4, 0.5) is 0 Å². The molecule has 2 atom stereocenters. The van der Waals surface area contributed by atoms with Crippen molar-refractivity contribution in [1.29, 1.82) is 0 Å².